The van der Waals surface area contributed by atoms with E-state index in [1.54, 1.807) is 11.2 Å². The first-order valence-corrected chi connectivity index (χ1v) is 14.0. The predicted molar refractivity (Wildman–Crippen MR) is 143 cm³/mol. The number of carbonyl (C=O) groups is 2. The zero-order valence-corrected chi connectivity index (χ0v) is 22.5. The molecule has 10 nitrogen and oxygen atoms in total. The van der Waals surface area contributed by atoms with Crippen molar-refractivity contribution in [1.82, 2.24) is 24.9 Å². The van der Waals surface area contributed by atoms with E-state index < -0.39 is 16.1 Å². The summed E-state index contributed by atoms with van der Waals surface area (Å²) in [7, 11) is -4.18. The number of Topliss-reactive ketones (excluding diaryl/α,β-unsaturated/α-hetero) is 1. The number of nitrogens with one attached hydrogen (secondary N) is 3. The quantitative estimate of drug-likeness (QED) is 0.290. The van der Waals surface area contributed by atoms with E-state index in [0.29, 0.717) is 25.9 Å². The third-order valence-corrected chi connectivity index (χ3v) is 8.41. The molecule has 3 aromatic rings. The van der Waals surface area contributed by atoms with Gasteiger partial charge in [0.1, 0.15) is 11.8 Å². The summed E-state index contributed by atoms with van der Waals surface area (Å²) < 4.78 is 29.2. The van der Waals surface area contributed by atoms with E-state index in [1.165, 1.54) is 19.1 Å². The summed E-state index contributed by atoms with van der Waals surface area (Å²) in [6, 6.07) is 6.90. The van der Waals surface area contributed by atoms with Crippen molar-refractivity contribution in [2.24, 2.45) is 0 Å². The van der Waals surface area contributed by atoms with Crippen LogP contribution in [0.1, 0.15) is 25.3 Å². The monoisotopic (exact) mass is 566 g/mol. The third-order valence-electron chi connectivity index (χ3n) is 6.33. The highest BCUT2D eigenvalue weighted by Gasteiger charge is 2.32. The van der Waals surface area contributed by atoms with Gasteiger partial charge in [-0.05, 0) is 56.0 Å². The molecule has 1 aromatic heterocycles. The van der Waals surface area contributed by atoms with Crippen LogP contribution in [0.2, 0.25) is 10.0 Å². The molecule has 2 heterocycles. The van der Waals surface area contributed by atoms with Crippen molar-refractivity contribution in [2.75, 3.05) is 25.4 Å². The number of imidazole rings is 1. The minimum absolute atomic E-state index is 0.000538. The number of aromatic nitrogens is 2. The van der Waals surface area contributed by atoms with Gasteiger partial charge in [-0.25, -0.2) is 13.4 Å². The number of rotatable bonds is 9. The maximum absolute atomic E-state index is 13.6. The summed E-state index contributed by atoms with van der Waals surface area (Å²) in [6.07, 6.45) is 2.99. The van der Waals surface area contributed by atoms with E-state index >= 15 is 0 Å². The van der Waals surface area contributed by atoms with Gasteiger partial charge in [0.15, 0.2) is 0 Å². The standard InChI is InChI=1S/C24H28Cl2N6O4S/c1-14(33)12-28-16-4-6-32(7-5-16)24(34)22(9-15-2-3-20-21(8-15)30-13-29-20)31-37(35,36)17-10-18(25)23(27)19(26)11-17/h2-3,8,10-11,13,16,22,28,31H,4-7,9,12,27H2,1H3,(H,29,30). The van der Waals surface area contributed by atoms with Gasteiger partial charge in [-0.3, -0.25) is 9.59 Å². The van der Waals surface area contributed by atoms with E-state index in [-0.39, 0.29) is 51.3 Å². The number of anilines is 1. The molecule has 37 heavy (non-hydrogen) atoms. The Labute approximate surface area is 224 Å². The van der Waals surface area contributed by atoms with Crippen molar-refractivity contribution in [1.29, 1.82) is 0 Å². The number of sulfonamides is 1. The fourth-order valence-electron chi connectivity index (χ4n) is 4.31. The van der Waals surface area contributed by atoms with Crippen molar-refractivity contribution >= 4 is 61.6 Å². The molecule has 1 saturated heterocycles. The summed E-state index contributed by atoms with van der Waals surface area (Å²) in [5, 5.41) is 3.20. The van der Waals surface area contributed by atoms with Crippen LogP contribution in [0.25, 0.3) is 11.0 Å². The first kappa shape index (κ1) is 27.3. The third kappa shape index (κ3) is 6.60. The molecular weight excluding hydrogens is 539 g/mol. The second-order valence-corrected chi connectivity index (χ2v) is 11.6. The van der Waals surface area contributed by atoms with Crippen LogP contribution in [0.3, 0.4) is 0 Å². The Morgan fingerprint density at radius 2 is 1.86 bits per heavy atom. The molecule has 1 aliphatic rings. The van der Waals surface area contributed by atoms with Crippen molar-refractivity contribution in [2.45, 2.75) is 43.2 Å². The van der Waals surface area contributed by atoms with E-state index in [1.807, 2.05) is 18.2 Å². The lowest BCUT2D eigenvalue weighted by Gasteiger charge is -2.34. The van der Waals surface area contributed by atoms with Crippen molar-refractivity contribution in [3.8, 4) is 0 Å². The van der Waals surface area contributed by atoms with E-state index in [2.05, 4.69) is 20.0 Å². The Bertz CT molecular complexity index is 1400. The molecule has 0 aliphatic carbocycles. The predicted octanol–water partition coefficient (Wildman–Crippen LogP) is 2.51. The Hall–Kier alpha value is -2.70. The number of hydrogen-bond acceptors (Lipinski definition) is 7. The van der Waals surface area contributed by atoms with Crippen molar-refractivity contribution < 1.29 is 18.0 Å². The van der Waals surface area contributed by atoms with Crippen LogP contribution >= 0.6 is 23.2 Å². The largest absolute Gasteiger partial charge is 0.396 e. The molecule has 1 aliphatic heterocycles. The maximum atomic E-state index is 13.6. The molecule has 1 atom stereocenters. The number of nitrogen functional groups attached to an aromatic ring is 1. The van der Waals surface area contributed by atoms with Gasteiger partial charge >= 0.3 is 0 Å². The number of amides is 1. The first-order valence-electron chi connectivity index (χ1n) is 11.7. The summed E-state index contributed by atoms with van der Waals surface area (Å²) in [5.74, 6) is -0.295. The molecule has 0 bridgehead atoms. The highest BCUT2D eigenvalue weighted by Crippen LogP contribution is 2.31. The number of piperidine rings is 1. The van der Waals surface area contributed by atoms with Crippen LogP contribution < -0.4 is 15.8 Å². The van der Waals surface area contributed by atoms with E-state index in [0.717, 1.165) is 16.6 Å². The SMILES string of the molecule is CC(=O)CNC1CCN(C(=O)C(Cc2ccc3nc[nH]c3c2)NS(=O)(=O)c2cc(Cl)c(N)c(Cl)c2)CC1. The molecule has 4 rings (SSSR count). The van der Waals surface area contributed by atoms with Gasteiger partial charge in [-0.2, -0.15) is 4.72 Å². The van der Waals surface area contributed by atoms with Crippen molar-refractivity contribution in [3.63, 3.8) is 0 Å². The molecule has 5 N–H and O–H groups in total. The lowest BCUT2D eigenvalue weighted by atomic mass is 10.0. The first-order chi connectivity index (χ1) is 17.5. The number of fused-ring (bicyclic) bond motifs is 1. The lowest BCUT2D eigenvalue weighted by Crippen LogP contribution is -2.53. The Morgan fingerprint density at radius 3 is 2.51 bits per heavy atom. The number of carbonyl (C=O) groups excluding carboxylic acids is 2. The number of aromatic amines is 1. The average molecular weight is 567 g/mol. The fourth-order valence-corrected chi connectivity index (χ4v) is 6.17. The van der Waals surface area contributed by atoms with Gasteiger partial charge in [0.2, 0.25) is 15.9 Å². The highest BCUT2D eigenvalue weighted by atomic mass is 35.5. The summed E-state index contributed by atoms with van der Waals surface area (Å²) in [5.41, 5.74) is 8.13. The molecule has 1 fully saturated rings. The maximum Gasteiger partial charge on any atom is 0.241 e. The minimum atomic E-state index is -4.18. The molecule has 2 aromatic carbocycles. The Balaban J connectivity index is 1.57. The van der Waals surface area contributed by atoms with Crippen molar-refractivity contribution in [3.05, 3.63) is 52.3 Å². The molecule has 0 radical (unpaired) electrons. The van der Waals surface area contributed by atoms with Crippen LogP contribution in [-0.2, 0) is 26.0 Å². The van der Waals surface area contributed by atoms with Gasteiger partial charge in [0, 0.05) is 19.1 Å². The molecular formula is C24H28Cl2N6O4S. The van der Waals surface area contributed by atoms with Crippen LogP contribution in [0.5, 0.6) is 0 Å². The molecule has 13 heteroatoms. The zero-order valence-electron chi connectivity index (χ0n) is 20.1. The molecule has 0 saturated carbocycles. The molecule has 198 valence electrons. The number of H-pyrrole nitrogens is 1. The van der Waals surface area contributed by atoms with Gasteiger partial charge in [0.25, 0.3) is 0 Å². The Kier molecular flexibility index (Phi) is 8.39. The van der Waals surface area contributed by atoms with Crippen LogP contribution in [0.15, 0.2) is 41.6 Å². The van der Waals surface area contributed by atoms with Crippen LogP contribution in [0, 0.1) is 0 Å². The number of halogens is 2. The normalized spacial score (nSPS) is 15.7. The van der Waals surface area contributed by atoms with Gasteiger partial charge in [0.05, 0.1) is 44.5 Å². The van der Waals surface area contributed by atoms with E-state index in [9.17, 15) is 18.0 Å². The number of ketones is 1. The van der Waals surface area contributed by atoms with Crippen LogP contribution in [0.4, 0.5) is 5.69 Å². The number of nitrogens with zero attached hydrogens (tertiary/aromatic N) is 2. The van der Waals surface area contributed by atoms with Gasteiger partial charge < -0.3 is 20.9 Å². The van der Waals surface area contributed by atoms with Gasteiger partial charge in [-0.1, -0.05) is 29.3 Å². The second-order valence-electron chi connectivity index (χ2n) is 9.12. The molecule has 1 amide bonds. The molecule has 0 spiro atoms. The lowest BCUT2D eigenvalue weighted by molar-refractivity contribution is -0.134. The molecule has 1 unspecified atom stereocenters. The number of benzene rings is 2. The van der Waals surface area contributed by atoms with E-state index in [4.69, 9.17) is 28.9 Å². The summed E-state index contributed by atoms with van der Waals surface area (Å²) in [4.78, 5) is 33.6. The summed E-state index contributed by atoms with van der Waals surface area (Å²) >= 11 is 12.1. The summed E-state index contributed by atoms with van der Waals surface area (Å²) in [6.45, 7) is 2.67. The number of nitrogens with two attached hydrogens (primary N) is 1. The smallest absolute Gasteiger partial charge is 0.241 e. The number of hydrogen-bond donors (Lipinski definition) is 4. The fraction of sp³-hybridized carbons (Fsp3) is 0.375. The second kappa shape index (κ2) is 11.4. The van der Waals surface area contributed by atoms with Gasteiger partial charge in [-0.15, -0.1) is 0 Å². The Morgan fingerprint density at radius 1 is 1.19 bits per heavy atom. The number of likely N-dealkylation sites (tertiary alicyclic amines) is 1. The zero-order chi connectivity index (χ0) is 26.7. The highest BCUT2D eigenvalue weighted by molar-refractivity contribution is 7.89. The average Bonchev–Trinajstić information content (AvgIpc) is 3.33. The van der Waals surface area contributed by atoms with Crippen LogP contribution in [-0.4, -0.2) is 66.7 Å². The minimum Gasteiger partial charge on any atom is -0.396 e. The topological polar surface area (TPSA) is 150 Å².